The predicted molar refractivity (Wildman–Crippen MR) is 78.9 cm³/mol. The molecule has 0 saturated heterocycles. The molecule has 1 rings (SSSR count). The third kappa shape index (κ3) is 3.50. The summed E-state index contributed by atoms with van der Waals surface area (Å²) in [5.41, 5.74) is 0.368. The molecule has 0 bridgehead atoms. The van der Waals surface area contributed by atoms with Crippen LogP contribution in [0.2, 0.25) is 0 Å². The van der Waals surface area contributed by atoms with Crippen LogP contribution in [0.15, 0.2) is 23.1 Å². The summed E-state index contributed by atoms with van der Waals surface area (Å²) in [6.07, 6.45) is 1.11. The van der Waals surface area contributed by atoms with Crippen LogP contribution >= 0.6 is 0 Å². The largest absolute Gasteiger partial charge is 0.495 e. The van der Waals surface area contributed by atoms with Crippen molar-refractivity contribution in [2.24, 2.45) is 0 Å². The Balaban J connectivity index is 3.30. The fraction of sp³-hybridized carbons (Fsp3) is 0.500. The smallest absolute Gasteiger partial charge is 0.221 e. The molecule has 0 unspecified atom stereocenters. The van der Waals surface area contributed by atoms with Crippen LogP contribution in [0.5, 0.6) is 5.75 Å². The molecule has 0 aliphatic heterocycles. The van der Waals surface area contributed by atoms with Crippen molar-refractivity contribution in [3.63, 3.8) is 0 Å². The van der Waals surface area contributed by atoms with E-state index < -0.39 is 15.1 Å². The molecule has 6 heteroatoms. The topological polar surface area (TPSA) is 72.5 Å². The van der Waals surface area contributed by atoms with E-state index in [4.69, 9.17) is 4.74 Å². The molecule has 1 amide bonds. The molecule has 20 heavy (non-hydrogen) atoms. The molecule has 0 heterocycles. The quantitative estimate of drug-likeness (QED) is 0.876. The Labute approximate surface area is 120 Å². The first-order valence-corrected chi connectivity index (χ1v) is 8.10. The van der Waals surface area contributed by atoms with Gasteiger partial charge in [-0.15, -0.1) is 0 Å². The number of hydrogen-bond donors (Lipinski definition) is 1. The van der Waals surface area contributed by atoms with E-state index in [1.165, 1.54) is 26.2 Å². The number of amides is 1. The van der Waals surface area contributed by atoms with Crippen LogP contribution in [-0.4, -0.2) is 26.7 Å². The van der Waals surface area contributed by atoms with Gasteiger partial charge in [0.05, 0.1) is 22.9 Å². The van der Waals surface area contributed by atoms with E-state index in [0.29, 0.717) is 24.3 Å². The molecule has 0 fully saturated rings. The molecule has 0 atom stereocenters. The number of hydrogen-bond acceptors (Lipinski definition) is 4. The van der Waals surface area contributed by atoms with Crippen LogP contribution < -0.4 is 10.1 Å². The van der Waals surface area contributed by atoms with E-state index in [9.17, 15) is 13.2 Å². The van der Waals surface area contributed by atoms with Crippen molar-refractivity contribution in [3.05, 3.63) is 18.2 Å². The molecule has 1 aromatic carbocycles. The third-order valence-electron chi connectivity index (χ3n) is 3.16. The second kappa shape index (κ2) is 6.74. The van der Waals surface area contributed by atoms with Crippen molar-refractivity contribution < 1.29 is 17.9 Å². The highest BCUT2D eigenvalue weighted by atomic mass is 32.2. The number of anilines is 1. The zero-order chi connectivity index (χ0) is 15.3. The molecule has 0 aliphatic carbocycles. The highest BCUT2D eigenvalue weighted by Crippen LogP contribution is 2.30. The van der Waals surface area contributed by atoms with Gasteiger partial charge < -0.3 is 10.1 Å². The number of nitrogens with one attached hydrogen (secondary N) is 1. The van der Waals surface area contributed by atoms with Crippen LogP contribution in [0.25, 0.3) is 0 Å². The van der Waals surface area contributed by atoms with Crippen molar-refractivity contribution in [1.82, 2.24) is 0 Å². The van der Waals surface area contributed by atoms with Gasteiger partial charge in [-0.3, -0.25) is 4.79 Å². The van der Waals surface area contributed by atoms with Crippen LogP contribution in [0, 0.1) is 0 Å². The number of sulfone groups is 1. The molecule has 0 spiro atoms. The first kappa shape index (κ1) is 16.5. The number of methoxy groups -OCH3 is 1. The summed E-state index contributed by atoms with van der Waals surface area (Å²) < 4.78 is 30.1. The fourth-order valence-electron chi connectivity index (χ4n) is 2.07. The van der Waals surface area contributed by atoms with Crippen molar-refractivity contribution in [2.45, 2.75) is 43.8 Å². The van der Waals surface area contributed by atoms with E-state index in [0.717, 1.165) is 0 Å². The summed E-state index contributed by atoms with van der Waals surface area (Å²) in [5.74, 6) is 0.157. The van der Waals surface area contributed by atoms with Gasteiger partial charge in [-0.05, 0) is 31.0 Å². The minimum Gasteiger partial charge on any atom is -0.495 e. The molecule has 1 N–H and O–H groups in total. The Kier molecular flexibility index (Phi) is 5.56. The van der Waals surface area contributed by atoms with Crippen LogP contribution in [0.3, 0.4) is 0 Å². The van der Waals surface area contributed by atoms with E-state index in [2.05, 4.69) is 5.32 Å². The first-order chi connectivity index (χ1) is 9.36. The van der Waals surface area contributed by atoms with E-state index in [1.807, 2.05) is 13.8 Å². The molecular formula is C14H21NO4S. The Morgan fingerprint density at radius 3 is 2.35 bits per heavy atom. The predicted octanol–water partition coefficient (Wildman–Crippen LogP) is 2.62. The lowest BCUT2D eigenvalue weighted by Gasteiger charge is -2.16. The SMILES string of the molecule is CCC(CC)S(=O)(=O)c1ccc(OC)c(NC(C)=O)c1. The fourth-order valence-corrected chi connectivity index (χ4v) is 3.87. The van der Waals surface area contributed by atoms with Gasteiger partial charge in [0, 0.05) is 6.92 Å². The van der Waals surface area contributed by atoms with Gasteiger partial charge in [-0.1, -0.05) is 13.8 Å². The Hall–Kier alpha value is -1.56. The number of carbonyl (C=O) groups is 1. The van der Waals surface area contributed by atoms with E-state index in [1.54, 1.807) is 6.07 Å². The summed E-state index contributed by atoms with van der Waals surface area (Å²) in [7, 11) is -1.92. The summed E-state index contributed by atoms with van der Waals surface area (Å²) in [6, 6.07) is 4.52. The molecular weight excluding hydrogens is 278 g/mol. The number of rotatable bonds is 6. The van der Waals surface area contributed by atoms with E-state index in [-0.39, 0.29) is 10.8 Å². The van der Waals surface area contributed by atoms with Crippen molar-refractivity contribution in [3.8, 4) is 5.75 Å². The normalized spacial score (nSPS) is 11.4. The van der Waals surface area contributed by atoms with Crippen molar-refractivity contribution >= 4 is 21.4 Å². The molecule has 0 aliphatic rings. The van der Waals surface area contributed by atoms with Crippen LogP contribution in [0.4, 0.5) is 5.69 Å². The van der Waals surface area contributed by atoms with Crippen molar-refractivity contribution in [1.29, 1.82) is 0 Å². The standard InChI is InChI=1S/C14H21NO4S/c1-5-11(6-2)20(17,18)12-7-8-14(19-4)13(9-12)15-10(3)16/h7-9,11H,5-6H2,1-4H3,(H,15,16). The summed E-state index contributed by atoms with van der Waals surface area (Å²) >= 11 is 0. The zero-order valence-electron chi connectivity index (χ0n) is 12.3. The average Bonchev–Trinajstić information content (AvgIpc) is 2.39. The van der Waals surface area contributed by atoms with Gasteiger partial charge in [0.15, 0.2) is 9.84 Å². The Morgan fingerprint density at radius 1 is 1.30 bits per heavy atom. The maximum atomic E-state index is 12.5. The van der Waals surface area contributed by atoms with Crippen LogP contribution in [-0.2, 0) is 14.6 Å². The molecule has 0 saturated carbocycles. The van der Waals surface area contributed by atoms with Gasteiger partial charge in [0.2, 0.25) is 5.91 Å². The number of benzene rings is 1. The summed E-state index contributed by atoms with van der Waals surface area (Å²) in [6.45, 7) is 5.06. The highest BCUT2D eigenvalue weighted by Gasteiger charge is 2.25. The minimum atomic E-state index is -3.39. The maximum Gasteiger partial charge on any atom is 0.221 e. The van der Waals surface area contributed by atoms with E-state index >= 15 is 0 Å². The van der Waals surface area contributed by atoms with Gasteiger partial charge >= 0.3 is 0 Å². The maximum absolute atomic E-state index is 12.5. The highest BCUT2D eigenvalue weighted by molar-refractivity contribution is 7.92. The number of carbonyl (C=O) groups excluding carboxylic acids is 1. The molecule has 0 radical (unpaired) electrons. The molecule has 0 aromatic heterocycles. The molecule has 112 valence electrons. The second-order valence-corrected chi connectivity index (χ2v) is 6.75. The lowest BCUT2D eigenvalue weighted by Crippen LogP contribution is -2.20. The van der Waals surface area contributed by atoms with Gasteiger partial charge in [-0.2, -0.15) is 0 Å². The minimum absolute atomic E-state index is 0.204. The monoisotopic (exact) mass is 299 g/mol. The Morgan fingerprint density at radius 2 is 1.90 bits per heavy atom. The summed E-state index contributed by atoms with van der Waals surface area (Å²) in [5, 5.41) is 2.17. The summed E-state index contributed by atoms with van der Waals surface area (Å²) in [4.78, 5) is 11.4. The van der Waals surface area contributed by atoms with Gasteiger partial charge in [-0.25, -0.2) is 8.42 Å². The van der Waals surface area contributed by atoms with Gasteiger partial charge in [0.25, 0.3) is 0 Å². The molecule has 5 nitrogen and oxygen atoms in total. The lowest BCUT2D eigenvalue weighted by molar-refractivity contribution is -0.114. The lowest BCUT2D eigenvalue weighted by atomic mass is 10.3. The molecule has 1 aromatic rings. The van der Waals surface area contributed by atoms with Crippen LogP contribution in [0.1, 0.15) is 33.6 Å². The zero-order valence-corrected chi connectivity index (χ0v) is 13.1. The Bertz CT molecular complexity index is 577. The van der Waals surface area contributed by atoms with Crippen molar-refractivity contribution in [2.75, 3.05) is 12.4 Å². The van der Waals surface area contributed by atoms with Gasteiger partial charge in [0.1, 0.15) is 5.75 Å². The average molecular weight is 299 g/mol. The second-order valence-electron chi connectivity index (χ2n) is 4.53. The number of ether oxygens (including phenoxy) is 1. The first-order valence-electron chi connectivity index (χ1n) is 6.56. The third-order valence-corrected chi connectivity index (χ3v) is 5.62.